The first-order valence-electron chi connectivity index (χ1n) is 6.20. The Morgan fingerprint density at radius 3 is 2.40 bits per heavy atom. The van der Waals surface area contributed by atoms with Crippen LogP contribution in [0.2, 0.25) is 0 Å². The summed E-state index contributed by atoms with van der Waals surface area (Å²) in [5, 5.41) is 8.02. The van der Waals surface area contributed by atoms with Gasteiger partial charge in [0.15, 0.2) is 0 Å². The Balaban J connectivity index is 2.82. The van der Waals surface area contributed by atoms with Crippen molar-refractivity contribution in [3.8, 4) is 0 Å². The molecule has 2 unspecified atom stereocenters. The molecular weight excluding hydrogens is 299 g/mol. The first kappa shape index (κ1) is 17.2. The molecule has 0 radical (unpaired) electrons. The van der Waals surface area contributed by atoms with E-state index < -0.39 is 46.4 Å². The van der Waals surface area contributed by atoms with Gasteiger partial charge in [0.1, 0.15) is 9.84 Å². The van der Waals surface area contributed by atoms with Crippen molar-refractivity contribution in [1.82, 2.24) is 4.90 Å². The third kappa shape index (κ3) is 5.66. The van der Waals surface area contributed by atoms with Gasteiger partial charge in [0.05, 0.1) is 18.3 Å². The number of hydrogen-bond donors (Lipinski definition) is 1. The first-order valence-corrected chi connectivity index (χ1v) is 8.16. The van der Waals surface area contributed by atoms with Crippen molar-refractivity contribution in [2.24, 2.45) is 0 Å². The smallest absolute Gasteiger partial charge is 0.401 e. The summed E-state index contributed by atoms with van der Waals surface area (Å²) in [6, 6.07) is -0.666. The van der Waals surface area contributed by atoms with Gasteiger partial charge >= 0.3 is 12.1 Å². The molecule has 0 aromatic rings. The fourth-order valence-electron chi connectivity index (χ4n) is 2.56. The summed E-state index contributed by atoms with van der Waals surface area (Å²) >= 11 is 0. The maximum Gasteiger partial charge on any atom is 0.401 e. The Kier molecular flexibility index (Phi) is 5.42. The van der Waals surface area contributed by atoms with Gasteiger partial charge in [0.2, 0.25) is 0 Å². The second-order valence-corrected chi connectivity index (χ2v) is 7.51. The van der Waals surface area contributed by atoms with Crippen molar-refractivity contribution in [2.45, 2.75) is 43.2 Å². The number of carboxylic acid groups (broad SMARTS) is 1. The first-order chi connectivity index (χ1) is 8.99. The van der Waals surface area contributed by atoms with Gasteiger partial charge < -0.3 is 5.11 Å². The Hall–Kier alpha value is -0.830. The molecule has 0 saturated heterocycles. The van der Waals surface area contributed by atoms with E-state index in [1.807, 2.05) is 0 Å². The van der Waals surface area contributed by atoms with Crippen LogP contribution in [0.1, 0.15) is 25.7 Å². The lowest BCUT2D eigenvalue weighted by atomic mass is 9.93. The third-order valence-electron chi connectivity index (χ3n) is 3.44. The van der Waals surface area contributed by atoms with Gasteiger partial charge in [0, 0.05) is 12.3 Å². The number of alkyl halides is 3. The molecule has 0 aromatic carbocycles. The zero-order valence-corrected chi connectivity index (χ0v) is 11.9. The van der Waals surface area contributed by atoms with Gasteiger partial charge in [-0.3, -0.25) is 9.69 Å². The zero-order valence-electron chi connectivity index (χ0n) is 11.1. The average molecular weight is 317 g/mol. The molecule has 1 fully saturated rings. The highest BCUT2D eigenvalue weighted by atomic mass is 32.2. The molecule has 5 nitrogen and oxygen atoms in total. The van der Waals surface area contributed by atoms with Crippen LogP contribution in [0.25, 0.3) is 0 Å². The average Bonchev–Trinajstić information content (AvgIpc) is 2.24. The van der Waals surface area contributed by atoms with E-state index in [2.05, 4.69) is 0 Å². The fraction of sp³-hybridized carbons (Fsp3) is 0.909. The fourth-order valence-corrected chi connectivity index (χ4v) is 3.73. The quantitative estimate of drug-likeness (QED) is 0.827. The molecule has 0 amide bonds. The van der Waals surface area contributed by atoms with Crippen molar-refractivity contribution >= 4 is 15.8 Å². The standard InChI is InChI=1S/C11H18F3NO4S/c1-20(18,19)9-4-2-3-8(5-9)15(6-10(16)17)7-11(12,13)14/h8-9H,2-7H2,1H3,(H,16,17). The van der Waals surface area contributed by atoms with E-state index in [-0.39, 0.29) is 6.42 Å². The van der Waals surface area contributed by atoms with E-state index in [1.165, 1.54) is 0 Å². The van der Waals surface area contributed by atoms with E-state index in [9.17, 15) is 26.4 Å². The van der Waals surface area contributed by atoms with Gasteiger partial charge in [-0.25, -0.2) is 8.42 Å². The Morgan fingerprint density at radius 2 is 1.95 bits per heavy atom. The minimum absolute atomic E-state index is 0.0577. The number of sulfone groups is 1. The maximum absolute atomic E-state index is 12.5. The molecule has 0 aromatic heterocycles. The van der Waals surface area contributed by atoms with E-state index in [4.69, 9.17) is 5.11 Å². The number of carboxylic acids is 1. The highest BCUT2D eigenvalue weighted by Gasteiger charge is 2.38. The van der Waals surface area contributed by atoms with Crippen LogP contribution in [-0.4, -0.2) is 61.2 Å². The summed E-state index contributed by atoms with van der Waals surface area (Å²) in [5.41, 5.74) is 0. The summed E-state index contributed by atoms with van der Waals surface area (Å²) in [5.74, 6) is -1.35. The van der Waals surface area contributed by atoms with Crippen molar-refractivity contribution in [3.05, 3.63) is 0 Å². The molecule has 1 aliphatic rings. The van der Waals surface area contributed by atoms with E-state index >= 15 is 0 Å². The minimum atomic E-state index is -4.51. The van der Waals surface area contributed by atoms with Crippen molar-refractivity contribution in [3.63, 3.8) is 0 Å². The van der Waals surface area contributed by atoms with E-state index in [1.54, 1.807) is 0 Å². The van der Waals surface area contributed by atoms with Crippen LogP contribution in [0.4, 0.5) is 13.2 Å². The summed E-state index contributed by atoms with van der Waals surface area (Å²) < 4.78 is 60.5. The molecule has 118 valence electrons. The van der Waals surface area contributed by atoms with Crippen molar-refractivity contribution in [1.29, 1.82) is 0 Å². The molecule has 2 atom stereocenters. The van der Waals surface area contributed by atoms with Crippen LogP contribution in [-0.2, 0) is 14.6 Å². The summed E-state index contributed by atoms with van der Waals surface area (Å²) in [7, 11) is -3.32. The highest BCUT2D eigenvalue weighted by molar-refractivity contribution is 7.91. The summed E-state index contributed by atoms with van der Waals surface area (Å²) in [4.78, 5) is 11.5. The van der Waals surface area contributed by atoms with Crippen LogP contribution in [0.3, 0.4) is 0 Å². The second kappa shape index (κ2) is 6.30. The lowest BCUT2D eigenvalue weighted by Gasteiger charge is -2.36. The Morgan fingerprint density at radius 1 is 1.35 bits per heavy atom. The van der Waals surface area contributed by atoms with E-state index in [0.717, 1.165) is 11.2 Å². The Labute approximate surface area is 115 Å². The normalized spacial score (nSPS) is 24.9. The minimum Gasteiger partial charge on any atom is -0.480 e. The van der Waals surface area contributed by atoms with Gasteiger partial charge in [0.25, 0.3) is 0 Å². The Bertz CT molecular complexity index is 449. The molecule has 1 rings (SSSR count). The summed E-state index contributed by atoms with van der Waals surface area (Å²) in [6.07, 6.45) is -2.10. The molecule has 0 spiro atoms. The zero-order chi connectivity index (χ0) is 15.6. The number of nitrogens with zero attached hydrogens (tertiary/aromatic N) is 1. The molecule has 1 N–H and O–H groups in total. The van der Waals surface area contributed by atoms with Crippen LogP contribution in [0, 0.1) is 0 Å². The van der Waals surface area contributed by atoms with Gasteiger partial charge in [-0.15, -0.1) is 0 Å². The van der Waals surface area contributed by atoms with Crippen LogP contribution in [0.5, 0.6) is 0 Å². The number of carbonyl (C=O) groups is 1. The van der Waals surface area contributed by atoms with Gasteiger partial charge in [-0.1, -0.05) is 6.42 Å². The molecular formula is C11H18F3NO4S. The SMILES string of the molecule is CS(=O)(=O)C1CCCC(N(CC(=O)O)CC(F)(F)F)C1. The van der Waals surface area contributed by atoms with Gasteiger partial charge in [-0.05, 0) is 19.3 Å². The largest absolute Gasteiger partial charge is 0.480 e. The van der Waals surface area contributed by atoms with Crippen LogP contribution < -0.4 is 0 Å². The van der Waals surface area contributed by atoms with Crippen LogP contribution in [0.15, 0.2) is 0 Å². The second-order valence-electron chi connectivity index (χ2n) is 5.19. The topological polar surface area (TPSA) is 74.7 Å². The van der Waals surface area contributed by atoms with Crippen LogP contribution >= 0.6 is 0 Å². The summed E-state index contributed by atoms with van der Waals surface area (Å²) in [6.45, 7) is -2.07. The number of aliphatic carboxylic acids is 1. The van der Waals surface area contributed by atoms with Gasteiger partial charge in [-0.2, -0.15) is 13.2 Å². The molecule has 9 heteroatoms. The molecule has 1 aliphatic carbocycles. The lowest BCUT2D eigenvalue weighted by Crippen LogP contribution is -2.48. The molecule has 20 heavy (non-hydrogen) atoms. The van der Waals surface area contributed by atoms with Crippen molar-refractivity contribution < 1.29 is 31.5 Å². The number of hydrogen-bond acceptors (Lipinski definition) is 4. The lowest BCUT2D eigenvalue weighted by molar-refractivity contribution is -0.159. The predicted octanol–water partition coefficient (Wildman–Crippen LogP) is 1.29. The third-order valence-corrected chi connectivity index (χ3v) is 5.08. The number of rotatable bonds is 5. The molecule has 0 bridgehead atoms. The van der Waals surface area contributed by atoms with Crippen molar-refractivity contribution in [2.75, 3.05) is 19.3 Å². The monoisotopic (exact) mass is 317 g/mol. The maximum atomic E-state index is 12.5. The van der Waals surface area contributed by atoms with E-state index in [0.29, 0.717) is 19.3 Å². The predicted molar refractivity (Wildman–Crippen MR) is 66.2 cm³/mol. The molecule has 0 aliphatic heterocycles. The molecule has 0 heterocycles. The highest BCUT2D eigenvalue weighted by Crippen LogP contribution is 2.29. The number of halogens is 3. The molecule has 1 saturated carbocycles.